The van der Waals surface area contributed by atoms with E-state index in [1.54, 1.807) is 48.5 Å². The summed E-state index contributed by atoms with van der Waals surface area (Å²) in [6.07, 6.45) is 2.83. The number of hydrogen-bond donors (Lipinski definition) is 3. The van der Waals surface area contributed by atoms with Crippen molar-refractivity contribution in [3.8, 4) is 11.5 Å². The summed E-state index contributed by atoms with van der Waals surface area (Å²) in [5.74, 6) is -0.829. The van der Waals surface area contributed by atoms with Crippen molar-refractivity contribution < 1.29 is 28.3 Å². The molecule has 36 heavy (non-hydrogen) atoms. The summed E-state index contributed by atoms with van der Waals surface area (Å²) in [5, 5.41) is 9.53. The Balaban J connectivity index is 1.57. The third-order valence-electron chi connectivity index (χ3n) is 4.40. The van der Waals surface area contributed by atoms with Crippen LogP contribution in [0.25, 0.3) is 0 Å². The molecule has 0 aliphatic carbocycles. The first-order valence-electron chi connectivity index (χ1n) is 10.6. The van der Waals surface area contributed by atoms with E-state index in [2.05, 4.69) is 21.2 Å². The lowest BCUT2D eigenvalue weighted by molar-refractivity contribution is -0.139. The van der Waals surface area contributed by atoms with Gasteiger partial charge in [-0.15, -0.1) is 0 Å². The Labute approximate surface area is 225 Å². The number of rotatable bonds is 10. The van der Waals surface area contributed by atoms with E-state index in [0.29, 0.717) is 43.7 Å². The van der Waals surface area contributed by atoms with Crippen molar-refractivity contribution in [1.29, 1.82) is 0 Å². The predicted octanol–water partition coefficient (Wildman–Crippen LogP) is 3.72. The average molecular weight is 625 g/mol. The Bertz CT molecular complexity index is 1230. The van der Waals surface area contributed by atoms with E-state index >= 15 is 0 Å². The first-order valence-corrected chi connectivity index (χ1v) is 12.1. The molecule has 0 spiro atoms. The number of hydrazone groups is 1. The molecule has 1 aromatic heterocycles. The zero-order chi connectivity index (χ0) is 25.9. The van der Waals surface area contributed by atoms with Gasteiger partial charge >= 0.3 is 11.8 Å². The second-order valence-corrected chi connectivity index (χ2v) is 8.67. The fourth-order valence-corrected chi connectivity index (χ4v) is 3.72. The van der Waals surface area contributed by atoms with E-state index in [1.165, 1.54) is 12.5 Å². The first kappa shape index (κ1) is 27.0. The van der Waals surface area contributed by atoms with Gasteiger partial charge in [-0.05, 0) is 83.6 Å². The molecule has 2 aromatic carbocycles. The molecule has 0 saturated heterocycles. The molecule has 0 fully saturated rings. The van der Waals surface area contributed by atoms with Crippen LogP contribution in [0, 0.1) is 3.57 Å². The van der Waals surface area contributed by atoms with E-state index in [4.69, 9.17) is 25.5 Å². The second kappa shape index (κ2) is 13.5. The third kappa shape index (κ3) is 8.27. The second-order valence-electron chi connectivity index (χ2n) is 7.07. The maximum absolute atomic E-state index is 12.3. The largest absolute Gasteiger partial charge is 0.490 e. The molecule has 3 aromatic rings. The van der Waals surface area contributed by atoms with Gasteiger partial charge in [-0.1, -0.05) is 11.6 Å². The molecular formula is C24H22ClIN4O6. The van der Waals surface area contributed by atoms with Gasteiger partial charge in [-0.2, -0.15) is 5.10 Å². The summed E-state index contributed by atoms with van der Waals surface area (Å²) in [5.41, 5.74) is 3.34. The standard InChI is InChI=1S/C24H22ClIN4O6/c1-2-34-20-11-15(12-28-30-24(33)23(32)27-13-18-4-3-9-35-18)10-19(26)22(20)36-14-21(31)29-17-7-5-16(25)6-8-17/h3-12H,2,13-14H2,1H3,(H,27,32)(H,29,31)(H,30,33)/b28-12-. The summed E-state index contributed by atoms with van der Waals surface area (Å²) >= 11 is 7.90. The van der Waals surface area contributed by atoms with E-state index in [0.717, 1.165) is 0 Å². The van der Waals surface area contributed by atoms with Crippen molar-refractivity contribution in [2.75, 3.05) is 18.5 Å². The van der Waals surface area contributed by atoms with Gasteiger partial charge in [0.1, 0.15) is 5.76 Å². The van der Waals surface area contributed by atoms with Crippen LogP contribution in [0.3, 0.4) is 0 Å². The van der Waals surface area contributed by atoms with Gasteiger partial charge < -0.3 is 24.5 Å². The molecule has 0 radical (unpaired) electrons. The molecule has 3 N–H and O–H groups in total. The summed E-state index contributed by atoms with van der Waals surface area (Å²) < 4.78 is 17.1. The van der Waals surface area contributed by atoms with Crippen LogP contribution in [-0.2, 0) is 20.9 Å². The van der Waals surface area contributed by atoms with Gasteiger partial charge in [-0.3, -0.25) is 14.4 Å². The highest BCUT2D eigenvalue weighted by atomic mass is 127. The van der Waals surface area contributed by atoms with E-state index in [-0.39, 0.29) is 19.1 Å². The van der Waals surface area contributed by atoms with Crippen molar-refractivity contribution in [3.05, 3.63) is 74.7 Å². The van der Waals surface area contributed by atoms with Crippen molar-refractivity contribution in [2.45, 2.75) is 13.5 Å². The van der Waals surface area contributed by atoms with Crippen LogP contribution in [-0.4, -0.2) is 37.1 Å². The molecule has 0 aliphatic rings. The van der Waals surface area contributed by atoms with Crippen LogP contribution >= 0.6 is 34.2 Å². The molecule has 0 atom stereocenters. The van der Waals surface area contributed by atoms with Crippen LogP contribution in [0.4, 0.5) is 5.69 Å². The van der Waals surface area contributed by atoms with E-state index in [9.17, 15) is 14.4 Å². The summed E-state index contributed by atoms with van der Waals surface area (Å²) in [7, 11) is 0. The number of furan rings is 1. The monoisotopic (exact) mass is 624 g/mol. The average Bonchev–Trinajstić information content (AvgIpc) is 3.37. The lowest BCUT2D eigenvalue weighted by Gasteiger charge is -2.14. The minimum absolute atomic E-state index is 0.0814. The molecular weight excluding hydrogens is 603 g/mol. The zero-order valence-electron chi connectivity index (χ0n) is 19.0. The number of amides is 3. The van der Waals surface area contributed by atoms with Crippen LogP contribution in [0.5, 0.6) is 11.5 Å². The predicted molar refractivity (Wildman–Crippen MR) is 142 cm³/mol. The van der Waals surface area contributed by atoms with Crippen molar-refractivity contribution in [2.24, 2.45) is 5.10 Å². The Morgan fingerprint density at radius 3 is 2.58 bits per heavy atom. The topological polar surface area (TPSA) is 131 Å². The van der Waals surface area contributed by atoms with Gasteiger partial charge in [0.05, 0.1) is 29.2 Å². The number of ether oxygens (including phenoxy) is 2. The molecule has 1 heterocycles. The zero-order valence-corrected chi connectivity index (χ0v) is 22.0. The third-order valence-corrected chi connectivity index (χ3v) is 5.45. The molecule has 0 bridgehead atoms. The molecule has 0 aliphatic heterocycles. The Morgan fingerprint density at radius 2 is 1.89 bits per heavy atom. The van der Waals surface area contributed by atoms with E-state index in [1.807, 2.05) is 29.5 Å². The highest BCUT2D eigenvalue weighted by Gasteiger charge is 2.15. The van der Waals surface area contributed by atoms with Crippen molar-refractivity contribution in [1.82, 2.24) is 10.7 Å². The molecule has 12 heteroatoms. The fourth-order valence-electron chi connectivity index (χ4n) is 2.81. The fraction of sp³-hybridized carbons (Fsp3) is 0.167. The van der Waals surface area contributed by atoms with Gasteiger partial charge in [0, 0.05) is 10.7 Å². The van der Waals surface area contributed by atoms with Gasteiger partial charge in [-0.25, -0.2) is 5.43 Å². The smallest absolute Gasteiger partial charge is 0.329 e. The molecule has 188 valence electrons. The number of nitrogens with zero attached hydrogens (tertiary/aromatic N) is 1. The van der Waals surface area contributed by atoms with Crippen molar-refractivity contribution >= 4 is 63.8 Å². The molecule has 3 rings (SSSR count). The summed E-state index contributed by atoms with van der Waals surface area (Å²) in [6, 6.07) is 13.4. The quantitative estimate of drug-likeness (QED) is 0.136. The van der Waals surface area contributed by atoms with Crippen LogP contribution in [0.1, 0.15) is 18.2 Å². The first-order chi connectivity index (χ1) is 17.4. The van der Waals surface area contributed by atoms with Gasteiger partial charge in [0.25, 0.3) is 5.91 Å². The maximum Gasteiger partial charge on any atom is 0.329 e. The molecule has 3 amide bonds. The lowest BCUT2D eigenvalue weighted by atomic mass is 10.2. The number of halogens is 2. The Hall–Kier alpha value is -3.58. The van der Waals surface area contributed by atoms with Crippen molar-refractivity contribution in [3.63, 3.8) is 0 Å². The summed E-state index contributed by atoms with van der Waals surface area (Å²) in [4.78, 5) is 36.1. The van der Waals surface area contributed by atoms with Gasteiger partial charge in [0.2, 0.25) is 0 Å². The number of anilines is 1. The Morgan fingerprint density at radius 1 is 1.11 bits per heavy atom. The summed E-state index contributed by atoms with van der Waals surface area (Å²) in [6.45, 7) is 2.01. The minimum atomic E-state index is -0.927. The van der Waals surface area contributed by atoms with E-state index < -0.39 is 11.8 Å². The number of hydrogen-bond acceptors (Lipinski definition) is 7. The maximum atomic E-state index is 12.3. The Kier molecular flexibility index (Phi) is 10.1. The molecule has 0 saturated carbocycles. The van der Waals surface area contributed by atoms with Crippen LogP contribution < -0.4 is 25.5 Å². The van der Waals surface area contributed by atoms with Crippen LogP contribution in [0.15, 0.2) is 64.3 Å². The SMILES string of the molecule is CCOc1cc(/C=N\NC(=O)C(=O)NCc2ccco2)cc(I)c1OCC(=O)Nc1ccc(Cl)cc1. The molecule has 10 nitrogen and oxygen atoms in total. The minimum Gasteiger partial charge on any atom is -0.490 e. The normalized spacial score (nSPS) is 10.6. The number of nitrogens with one attached hydrogen (secondary N) is 3. The molecule has 0 unspecified atom stereocenters. The highest BCUT2D eigenvalue weighted by Crippen LogP contribution is 2.34. The number of carbonyl (C=O) groups is 3. The number of benzene rings is 2. The lowest BCUT2D eigenvalue weighted by Crippen LogP contribution is -2.37. The number of carbonyl (C=O) groups excluding carboxylic acids is 3. The highest BCUT2D eigenvalue weighted by molar-refractivity contribution is 14.1. The van der Waals surface area contributed by atoms with Gasteiger partial charge in [0.15, 0.2) is 18.1 Å². The van der Waals surface area contributed by atoms with Crippen LogP contribution in [0.2, 0.25) is 5.02 Å².